The Balaban J connectivity index is 1.80. The van der Waals surface area contributed by atoms with Gasteiger partial charge in [-0.1, -0.05) is 25.5 Å². The fourth-order valence-corrected chi connectivity index (χ4v) is 2.85. The van der Waals surface area contributed by atoms with Crippen molar-refractivity contribution in [1.82, 2.24) is 9.97 Å². The number of hydrogen-bond acceptors (Lipinski definition) is 3. The summed E-state index contributed by atoms with van der Waals surface area (Å²) >= 11 is 4.97. The molecule has 0 aliphatic rings. The lowest BCUT2D eigenvalue weighted by atomic mass is 10.1. The highest BCUT2D eigenvalue weighted by molar-refractivity contribution is 7.71. The molecule has 0 aliphatic carbocycles. The topological polar surface area (TPSA) is 77.8 Å². The lowest BCUT2D eigenvalue weighted by Crippen LogP contribution is -2.13. The molecule has 3 N–H and O–H groups in total. The van der Waals surface area contributed by atoms with Crippen LogP contribution in [0.15, 0.2) is 47.3 Å². The molecule has 1 heterocycles. The summed E-state index contributed by atoms with van der Waals surface area (Å²) in [6.45, 7) is 2.17. The maximum Gasteiger partial charge on any atom is 0.259 e. The highest BCUT2D eigenvalue weighted by Gasteiger charge is 2.09. The van der Waals surface area contributed by atoms with E-state index in [1.165, 1.54) is 5.56 Å². The van der Waals surface area contributed by atoms with Gasteiger partial charge in [0.2, 0.25) is 0 Å². The first-order chi connectivity index (χ1) is 12.1. The molecule has 0 bridgehead atoms. The molecule has 0 radical (unpaired) electrons. The predicted octanol–water partition coefficient (Wildman–Crippen LogP) is 4.18. The van der Waals surface area contributed by atoms with Gasteiger partial charge in [0.15, 0.2) is 4.77 Å². The Morgan fingerprint density at radius 2 is 1.88 bits per heavy atom. The number of rotatable bonds is 5. The highest BCUT2D eigenvalue weighted by Crippen LogP contribution is 2.15. The van der Waals surface area contributed by atoms with Crippen molar-refractivity contribution in [2.45, 2.75) is 26.2 Å². The zero-order valence-electron chi connectivity index (χ0n) is 13.9. The van der Waals surface area contributed by atoms with Crippen molar-refractivity contribution in [2.75, 3.05) is 5.32 Å². The molecule has 0 spiro atoms. The summed E-state index contributed by atoms with van der Waals surface area (Å²) < 4.78 is 0.234. The van der Waals surface area contributed by atoms with Crippen molar-refractivity contribution >= 4 is 34.7 Å². The molecule has 25 heavy (non-hydrogen) atoms. The van der Waals surface area contributed by atoms with Gasteiger partial charge in [0.05, 0.1) is 10.9 Å². The van der Waals surface area contributed by atoms with Gasteiger partial charge in [0, 0.05) is 11.3 Å². The second kappa shape index (κ2) is 7.44. The summed E-state index contributed by atoms with van der Waals surface area (Å²) in [5.74, 6) is -0.234. The van der Waals surface area contributed by atoms with Crippen LogP contribution in [0.3, 0.4) is 0 Å². The standard InChI is InChI=1S/C19H19N3O2S/c1-2-3-4-12-5-8-14(9-6-12)20-17(23)13-7-10-15-16(11-13)21-19(25)22-18(15)24/h5-11H,2-4H2,1H3,(H,20,23)(H2,21,22,24,25). The quantitative estimate of drug-likeness (QED) is 0.602. The molecular weight excluding hydrogens is 334 g/mol. The minimum Gasteiger partial charge on any atom is -0.332 e. The third-order valence-electron chi connectivity index (χ3n) is 4.03. The van der Waals surface area contributed by atoms with E-state index in [0.717, 1.165) is 24.9 Å². The number of aromatic nitrogens is 2. The zero-order chi connectivity index (χ0) is 17.8. The molecule has 1 aromatic heterocycles. The Morgan fingerprint density at radius 3 is 2.60 bits per heavy atom. The molecule has 128 valence electrons. The van der Waals surface area contributed by atoms with Gasteiger partial charge in [0.1, 0.15) is 0 Å². The zero-order valence-corrected chi connectivity index (χ0v) is 14.7. The number of anilines is 1. The number of H-pyrrole nitrogens is 2. The highest BCUT2D eigenvalue weighted by atomic mass is 32.1. The summed E-state index contributed by atoms with van der Waals surface area (Å²) in [5.41, 5.74) is 2.73. The van der Waals surface area contributed by atoms with E-state index in [4.69, 9.17) is 12.2 Å². The molecule has 1 amide bonds. The third-order valence-corrected chi connectivity index (χ3v) is 4.24. The number of carbonyl (C=O) groups excluding carboxylic acids is 1. The molecule has 5 nitrogen and oxygen atoms in total. The fraction of sp³-hybridized carbons (Fsp3) is 0.211. The Hall–Kier alpha value is -2.73. The van der Waals surface area contributed by atoms with Crippen LogP contribution in [0.4, 0.5) is 5.69 Å². The van der Waals surface area contributed by atoms with Gasteiger partial charge in [-0.15, -0.1) is 0 Å². The molecule has 3 aromatic rings. The first-order valence-electron chi connectivity index (χ1n) is 8.23. The average Bonchev–Trinajstić information content (AvgIpc) is 2.60. The Labute approximate surface area is 150 Å². The van der Waals surface area contributed by atoms with Crippen molar-refractivity contribution in [1.29, 1.82) is 0 Å². The molecule has 0 aliphatic heterocycles. The van der Waals surface area contributed by atoms with Crippen molar-refractivity contribution in [2.24, 2.45) is 0 Å². The smallest absolute Gasteiger partial charge is 0.259 e. The molecule has 0 unspecified atom stereocenters. The van der Waals surface area contributed by atoms with E-state index >= 15 is 0 Å². The number of unbranched alkanes of at least 4 members (excludes halogenated alkanes) is 1. The predicted molar refractivity (Wildman–Crippen MR) is 103 cm³/mol. The number of benzene rings is 2. The van der Waals surface area contributed by atoms with E-state index in [1.54, 1.807) is 18.2 Å². The first-order valence-corrected chi connectivity index (χ1v) is 8.64. The van der Waals surface area contributed by atoms with Crippen molar-refractivity contribution in [3.8, 4) is 0 Å². The van der Waals surface area contributed by atoms with Gasteiger partial charge >= 0.3 is 0 Å². The Bertz CT molecular complexity index is 1020. The van der Waals surface area contributed by atoms with Crippen molar-refractivity contribution in [3.63, 3.8) is 0 Å². The molecule has 2 aromatic carbocycles. The first kappa shape index (κ1) is 17.1. The number of fused-ring (bicyclic) bond motifs is 1. The monoisotopic (exact) mass is 353 g/mol. The lowest BCUT2D eigenvalue weighted by Gasteiger charge is -2.07. The van der Waals surface area contributed by atoms with Crippen LogP contribution in [0.2, 0.25) is 0 Å². The molecular formula is C19H19N3O2S. The van der Waals surface area contributed by atoms with Crippen LogP contribution in [-0.4, -0.2) is 15.9 Å². The number of aromatic amines is 2. The van der Waals surface area contributed by atoms with Crippen LogP contribution < -0.4 is 10.9 Å². The van der Waals surface area contributed by atoms with Crippen LogP contribution in [0.25, 0.3) is 10.9 Å². The van der Waals surface area contributed by atoms with E-state index in [2.05, 4.69) is 22.2 Å². The maximum absolute atomic E-state index is 12.4. The number of nitrogens with one attached hydrogen (secondary N) is 3. The Kier molecular flexibility index (Phi) is 5.09. The molecule has 0 saturated heterocycles. The summed E-state index contributed by atoms with van der Waals surface area (Å²) in [6, 6.07) is 12.7. The van der Waals surface area contributed by atoms with Gasteiger partial charge in [-0.2, -0.15) is 0 Å². The van der Waals surface area contributed by atoms with Crippen LogP contribution in [0, 0.1) is 4.77 Å². The minimum absolute atomic E-state index is 0.234. The SMILES string of the molecule is CCCCc1ccc(NC(=O)c2ccc3c(=O)[nH]c(=S)[nH]c3c2)cc1. The summed E-state index contributed by atoms with van der Waals surface area (Å²) in [4.78, 5) is 29.7. The van der Waals surface area contributed by atoms with Gasteiger partial charge in [-0.05, 0) is 61.0 Å². The molecule has 6 heteroatoms. The van der Waals surface area contributed by atoms with Gasteiger partial charge in [-0.25, -0.2) is 0 Å². The van der Waals surface area contributed by atoms with Gasteiger partial charge in [0.25, 0.3) is 11.5 Å². The van der Waals surface area contributed by atoms with E-state index < -0.39 is 0 Å². The molecule has 0 saturated carbocycles. The molecule has 0 atom stereocenters. The number of amides is 1. The Morgan fingerprint density at radius 1 is 1.12 bits per heavy atom. The van der Waals surface area contributed by atoms with E-state index in [1.807, 2.05) is 24.3 Å². The molecule has 0 fully saturated rings. The van der Waals surface area contributed by atoms with Crippen molar-refractivity contribution in [3.05, 3.63) is 68.7 Å². The number of carbonyl (C=O) groups is 1. The van der Waals surface area contributed by atoms with E-state index in [9.17, 15) is 9.59 Å². The largest absolute Gasteiger partial charge is 0.332 e. The second-order valence-corrected chi connectivity index (χ2v) is 6.33. The lowest BCUT2D eigenvalue weighted by molar-refractivity contribution is 0.102. The summed E-state index contributed by atoms with van der Waals surface area (Å²) in [6.07, 6.45) is 3.36. The third kappa shape index (κ3) is 4.03. The maximum atomic E-state index is 12.4. The van der Waals surface area contributed by atoms with Gasteiger partial charge in [-0.3, -0.25) is 14.6 Å². The van der Waals surface area contributed by atoms with E-state index in [0.29, 0.717) is 16.5 Å². The molecule has 3 rings (SSSR count). The van der Waals surface area contributed by atoms with Crippen LogP contribution in [0.1, 0.15) is 35.7 Å². The average molecular weight is 353 g/mol. The minimum atomic E-state index is -0.270. The fourth-order valence-electron chi connectivity index (χ4n) is 2.65. The second-order valence-electron chi connectivity index (χ2n) is 5.92. The summed E-state index contributed by atoms with van der Waals surface area (Å²) in [5, 5.41) is 3.33. The van der Waals surface area contributed by atoms with Crippen LogP contribution >= 0.6 is 12.2 Å². The van der Waals surface area contributed by atoms with E-state index in [-0.39, 0.29) is 16.2 Å². The van der Waals surface area contributed by atoms with Crippen molar-refractivity contribution < 1.29 is 4.79 Å². The summed E-state index contributed by atoms with van der Waals surface area (Å²) in [7, 11) is 0. The normalized spacial score (nSPS) is 10.8. The van der Waals surface area contributed by atoms with Crippen LogP contribution in [0.5, 0.6) is 0 Å². The number of hydrogen-bond donors (Lipinski definition) is 3. The van der Waals surface area contributed by atoms with Gasteiger partial charge < -0.3 is 10.3 Å². The number of aryl methyl sites for hydroxylation is 1. The van der Waals surface area contributed by atoms with Crippen LogP contribution in [-0.2, 0) is 6.42 Å².